The number of halogens is 3. The van der Waals surface area contributed by atoms with Crippen molar-refractivity contribution >= 4 is 34.7 Å². The number of anilines is 1. The van der Waals surface area contributed by atoms with Gasteiger partial charge in [0.2, 0.25) is 5.91 Å². The number of aromatic hydroxyl groups is 1. The van der Waals surface area contributed by atoms with Crippen molar-refractivity contribution < 1.29 is 52.1 Å². The third kappa shape index (κ3) is 4.63. The normalized spacial score (nSPS) is 28.3. The molecule has 3 aliphatic rings. The number of Topliss-reactive ketones (excluding diaryl/α,β-unsaturated/α-hetero) is 4. The second-order valence-electron chi connectivity index (χ2n) is 11.9. The summed E-state index contributed by atoms with van der Waals surface area (Å²) >= 11 is 0. The first-order valence-corrected chi connectivity index (χ1v) is 13.7. The number of ketones is 4. The Morgan fingerprint density at radius 2 is 1.66 bits per heavy atom. The van der Waals surface area contributed by atoms with Crippen molar-refractivity contribution in [2.45, 2.75) is 30.8 Å². The summed E-state index contributed by atoms with van der Waals surface area (Å²) in [5.74, 6) is -12.3. The van der Waals surface area contributed by atoms with Crippen LogP contribution >= 0.6 is 0 Å². The van der Waals surface area contributed by atoms with Crippen molar-refractivity contribution in [2.24, 2.45) is 29.4 Å². The summed E-state index contributed by atoms with van der Waals surface area (Å²) in [5.41, 5.74) is 3.46. The molecule has 14 heteroatoms. The fourth-order valence-corrected chi connectivity index (χ4v) is 7.11. The molecular formula is C30H30F3N3O8. The number of hydrogen-bond donors (Lipinski definition) is 3. The monoisotopic (exact) mass is 617 g/mol. The lowest BCUT2D eigenvalue weighted by molar-refractivity contribution is -0.274. The Morgan fingerprint density at radius 3 is 2.18 bits per heavy atom. The number of fused-ring (bicyclic) bond motifs is 3. The predicted octanol–water partition coefficient (Wildman–Crippen LogP) is 1.50. The minimum Gasteiger partial charge on any atom is -0.507 e. The summed E-state index contributed by atoms with van der Waals surface area (Å²) in [6, 6.07) is 4.96. The Bertz CT molecular complexity index is 1600. The highest BCUT2D eigenvalue weighted by atomic mass is 19.4. The van der Waals surface area contributed by atoms with Gasteiger partial charge in [0.15, 0.2) is 34.7 Å². The predicted molar refractivity (Wildman–Crippen MR) is 148 cm³/mol. The molecule has 2 fully saturated rings. The molecule has 2 aromatic rings. The molecule has 0 bridgehead atoms. The van der Waals surface area contributed by atoms with E-state index in [4.69, 9.17) is 5.73 Å². The van der Waals surface area contributed by atoms with E-state index in [2.05, 4.69) is 4.74 Å². The summed E-state index contributed by atoms with van der Waals surface area (Å²) in [4.78, 5) is 70.1. The third-order valence-corrected chi connectivity index (χ3v) is 8.92. The van der Waals surface area contributed by atoms with Crippen LogP contribution in [-0.2, 0) is 25.6 Å². The fraction of sp³-hybridized carbons (Fsp3) is 0.433. The van der Waals surface area contributed by atoms with Crippen molar-refractivity contribution in [3.05, 3.63) is 41.5 Å². The molecule has 5 rings (SSSR count). The number of hydrogen-bond acceptors (Lipinski definition) is 10. The first-order valence-electron chi connectivity index (χ1n) is 13.7. The highest BCUT2D eigenvalue weighted by Crippen LogP contribution is 2.53. The van der Waals surface area contributed by atoms with Gasteiger partial charge in [0.1, 0.15) is 11.5 Å². The van der Waals surface area contributed by atoms with Gasteiger partial charge in [0, 0.05) is 31.3 Å². The molecule has 3 aliphatic carbocycles. The summed E-state index contributed by atoms with van der Waals surface area (Å²) < 4.78 is 41.9. The first-order chi connectivity index (χ1) is 20.4. The van der Waals surface area contributed by atoms with Crippen LogP contribution in [0.2, 0.25) is 0 Å². The second-order valence-corrected chi connectivity index (χ2v) is 11.9. The zero-order valence-electron chi connectivity index (χ0n) is 24.1. The average molecular weight is 618 g/mol. The van der Waals surface area contributed by atoms with Crippen LogP contribution in [0.25, 0.3) is 11.1 Å². The van der Waals surface area contributed by atoms with Gasteiger partial charge in [-0.3, -0.25) is 28.9 Å². The van der Waals surface area contributed by atoms with E-state index >= 15 is 0 Å². The topological polar surface area (TPSA) is 168 Å². The van der Waals surface area contributed by atoms with Crippen LogP contribution in [0.5, 0.6) is 11.5 Å². The number of nitrogens with two attached hydrogens (primary N) is 1. The van der Waals surface area contributed by atoms with Gasteiger partial charge in [0.25, 0.3) is 0 Å². The van der Waals surface area contributed by atoms with E-state index in [1.165, 1.54) is 31.1 Å². The molecule has 0 heterocycles. The maximum atomic E-state index is 14.1. The molecule has 6 atom stereocenters. The van der Waals surface area contributed by atoms with Crippen LogP contribution in [0.4, 0.5) is 18.9 Å². The third-order valence-electron chi connectivity index (χ3n) is 8.92. The van der Waals surface area contributed by atoms with Crippen molar-refractivity contribution in [2.75, 3.05) is 33.1 Å². The SMILES string of the molecule is CN(C)c1cc(-c2ccc(OC(F)(F)F)cc2)c(O)c2c1C[C@@H]1C[C@@H]3[C@@H](N(C)C)C(=O)C(C(N)=O)C(=O)[C@]3(O)C(=O)C1C2=O. The molecule has 0 spiro atoms. The lowest BCUT2D eigenvalue weighted by Crippen LogP contribution is -2.74. The number of rotatable bonds is 5. The van der Waals surface area contributed by atoms with Gasteiger partial charge in [-0.2, -0.15) is 0 Å². The fourth-order valence-electron chi connectivity index (χ4n) is 7.11. The highest BCUT2D eigenvalue weighted by molar-refractivity contribution is 6.32. The number of primary amides is 1. The van der Waals surface area contributed by atoms with Gasteiger partial charge in [-0.25, -0.2) is 0 Å². The largest absolute Gasteiger partial charge is 0.573 e. The zero-order chi connectivity index (χ0) is 32.6. The van der Waals surface area contributed by atoms with Gasteiger partial charge < -0.3 is 25.6 Å². The van der Waals surface area contributed by atoms with Crippen molar-refractivity contribution in [3.63, 3.8) is 0 Å². The molecule has 44 heavy (non-hydrogen) atoms. The minimum absolute atomic E-state index is 0.0611. The van der Waals surface area contributed by atoms with Gasteiger partial charge in [-0.1, -0.05) is 12.1 Å². The number of ether oxygens (including phenoxy) is 1. The first kappa shape index (κ1) is 31.1. The number of benzene rings is 2. The van der Waals surface area contributed by atoms with Gasteiger partial charge in [-0.15, -0.1) is 13.2 Å². The molecule has 0 aromatic heterocycles. The number of alkyl halides is 3. The lowest BCUT2D eigenvalue weighted by Gasteiger charge is -2.52. The van der Waals surface area contributed by atoms with Gasteiger partial charge >= 0.3 is 6.36 Å². The molecule has 0 aliphatic heterocycles. The van der Waals surface area contributed by atoms with Gasteiger partial charge in [0.05, 0.1) is 17.5 Å². The Kier molecular flexibility index (Phi) is 7.36. The number of likely N-dealkylation sites (N-methyl/N-ethyl adjacent to an activating group) is 1. The maximum absolute atomic E-state index is 14.1. The number of carbonyl (C=O) groups excluding carboxylic acids is 5. The quantitative estimate of drug-likeness (QED) is 0.419. The van der Waals surface area contributed by atoms with E-state index < -0.39 is 82.2 Å². The van der Waals surface area contributed by atoms with Crippen molar-refractivity contribution in [1.82, 2.24) is 4.90 Å². The molecule has 2 saturated carbocycles. The number of nitrogens with zero attached hydrogens (tertiary/aromatic N) is 2. The number of carbonyl (C=O) groups is 5. The standard InChI is InChI=1S/C30H30F3N3O8/c1-35(2)18-11-15(12-5-7-14(8-6-12)44-30(31,32)33)23(37)20-16(18)9-13-10-17-22(36(3)4)25(39)21(28(34)42)27(41)29(17,43)26(40)19(13)24(20)38/h5-8,11,13,17,19,21-22,37,43H,9-10H2,1-4H3,(H2,34,42)/t13-,17-,19?,21?,22-,29-/m1/s1. The number of amides is 1. The molecule has 2 aromatic carbocycles. The molecule has 11 nitrogen and oxygen atoms in total. The average Bonchev–Trinajstić information content (AvgIpc) is 2.90. The van der Waals surface area contributed by atoms with E-state index in [1.807, 2.05) is 0 Å². The van der Waals surface area contributed by atoms with Crippen LogP contribution in [0.1, 0.15) is 22.3 Å². The number of phenolic OH excluding ortho intramolecular Hbond substituents is 1. The molecule has 4 N–H and O–H groups in total. The summed E-state index contributed by atoms with van der Waals surface area (Å²) in [7, 11) is 6.37. The van der Waals surface area contributed by atoms with Crippen molar-refractivity contribution in [1.29, 1.82) is 0 Å². The number of aliphatic hydroxyl groups is 1. The molecule has 234 valence electrons. The van der Waals surface area contributed by atoms with E-state index in [0.717, 1.165) is 12.1 Å². The Hall–Kier alpha value is -4.30. The Balaban J connectivity index is 1.63. The molecule has 0 radical (unpaired) electrons. The lowest BCUT2D eigenvalue weighted by atomic mass is 9.52. The van der Waals surface area contributed by atoms with E-state index in [9.17, 15) is 47.4 Å². The van der Waals surface area contributed by atoms with Crippen LogP contribution in [0.3, 0.4) is 0 Å². The zero-order valence-corrected chi connectivity index (χ0v) is 24.1. The summed E-state index contributed by atoms with van der Waals surface area (Å²) in [5, 5.41) is 23.1. The molecule has 2 unspecified atom stereocenters. The van der Waals surface area contributed by atoms with Gasteiger partial charge in [-0.05, 0) is 62.2 Å². The number of phenols is 1. The van der Waals surface area contributed by atoms with Crippen LogP contribution in [-0.4, -0.2) is 90.3 Å². The van der Waals surface area contributed by atoms with E-state index in [1.54, 1.807) is 25.1 Å². The van der Waals surface area contributed by atoms with Crippen molar-refractivity contribution in [3.8, 4) is 22.6 Å². The van der Waals surface area contributed by atoms with Crippen LogP contribution in [0.15, 0.2) is 30.3 Å². The molecule has 1 amide bonds. The highest BCUT2D eigenvalue weighted by Gasteiger charge is 2.69. The smallest absolute Gasteiger partial charge is 0.507 e. The molecular weight excluding hydrogens is 587 g/mol. The minimum atomic E-state index is -4.91. The summed E-state index contributed by atoms with van der Waals surface area (Å²) in [6.45, 7) is 0. The van der Waals surface area contributed by atoms with E-state index in [-0.39, 0.29) is 29.5 Å². The Labute approximate surface area is 249 Å². The maximum Gasteiger partial charge on any atom is 0.573 e. The van der Waals surface area contributed by atoms with E-state index in [0.29, 0.717) is 11.3 Å². The Morgan fingerprint density at radius 1 is 1.05 bits per heavy atom. The van der Waals surface area contributed by atoms with Crippen LogP contribution in [0, 0.1) is 23.7 Å². The molecule has 0 saturated heterocycles. The van der Waals surface area contributed by atoms with Crippen LogP contribution < -0.4 is 15.4 Å². The second kappa shape index (κ2) is 10.4. The summed E-state index contributed by atoms with van der Waals surface area (Å²) in [6.07, 6.45) is -4.95.